The Balaban J connectivity index is 1.79. The summed E-state index contributed by atoms with van der Waals surface area (Å²) in [4.78, 5) is 0.321. The third-order valence-electron chi connectivity index (χ3n) is 6.72. The van der Waals surface area contributed by atoms with Crippen molar-refractivity contribution >= 4 is 31.4 Å². The summed E-state index contributed by atoms with van der Waals surface area (Å²) in [5.41, 5.74) is 6.63. The lowest BCUT2D eigenvalue weighted by molar-refractivity contribution is 0.602. The van der Waals surface area contributed by atoms with E-state index in [4.69, 9.17) is 0 Å². The number of sulfone groups is 1. The number of fused-ring (bicyclic) bond motifs is 2. The molecule has 0 unspecified atom stereocenters. The van der Waals surface area contributed by atoms with E-state index in [1.807, 2.05) is 24.3 Å². The van der Waals surface area contributed by atoms with Crippen LogP contribution in [0.25, 0.3) is 54.9 Å². The summed E-state index contributed by atoms with van der Waals surface area (Å²) in [5.74, 6) is 0. The van der Waals surface area contributed by atoms with Crippen molar-refractivity contribution in [2.45, 2.75) is 4.90 Å². The molecule has 0 saturated carbocycles. The van der Waals surface area contributed by atoms with Gasteiger partial charge in [-0.15, -0.1) is 0 Å². The molecule has 0 saturated heterocycles. The van der Waals surface area contributed by atoms with Crippen LogP contribution >= 0.6 is 0 Å². The summed E-state index contributed by atoms with van der Waals surface area (Å²) in [6, 6.07) is 43.4. The fourth-order valence-corrected chi connectivity index (χ4v) is 5.64. The quantitative estimate of drug-likeness (QED) is 0.235. The number of benzene rings is 6. The van der Waals surface area contributed by atoms with Gasteiger partial charge in [-0.2, -0.15) is 0 Å². The van der Waals surface area contributed by atoms with Gasteiger partial charge < -0.3 is 0 Å². The number of hydrogen-bond donors (Lipinski definition) is 0. The van der Waals surface area contributed by atoms with Crippen LogP contribution in [0.4, 0.5) is 0 Å². The maximum absolute atomic E-state index is 12.2. The molecule has 6 aromatic rings. The summed E-state index contributed by atoms with van der Waals surface area (Å²) in [5, 5.41) is 4.65. The maximum Gasteiger partial charge on any atom is 0.175 e. The molecule has 2 nitrogen and oxygen atoms in total. The molecular formula is C33H24O2S. The smallest absolute Gasteiger partial charge is 0.175 e. The molecule has 3 heteroatoms. The van der Waals surface area contributed by atoms with E-state index >= 15 is 0 Å². The highest BCUT2D eigenvalue weighted by Crippen LogP contribution is 2.45. The van der Waals surface area contributed by atoms with Crippen molar-refractivity contribution in [3.63, 3.8) is 0 Å². The van der Waals surface area contributed by atoms with Crippen LogP contribution in [0.2, 0.25) is 0 Å². The van der Waals surface area contributed by atoms with Crippen LogP contribution in [-0.4, -0.2) is 14.7 Å². The summed E-state index contributed by atoms with van der Waals surface area (Å²) < 4.78 is 24.3. The van der Waals surface area contributed by atoms with Gasteiger partial charge in [-0.3, -0.25) is 0 Å². The Hall–Kier alpha value is -4.21. The minimum atomic E-state index is -3.29. The second-order valence-electron chi connectivity index (χ2n) is 9.12. The molecule has 0 aliphatic carbocycles. The van der Waals surface area contributed by atoms with Gasteiger partial charge in [0.2, 0.25) is 0 Å². The van der Waals surface area contributed by atoms with E-state index in [-0.39, 0.29) is 0 Å². The van der Waals surface area contributed by atoms with Crippen molar-refractivity contribution in [1.29, 1.82) is 0 Å². The second-order valence-corrected chi connectivity index (χ2v) is 11.1. The molecule has 0 atom stereocenters. The van der Waals surface area contributed by atoms with Gasteiger partial charge in [0, 0.05) is 6.26 Å². The molecule has 0 spiro atoms. The molecule has 0 bridgehead atoms. The molecule has 0 aliphatic rings. The highest BCUT2D eigenvalue weighted by molar-refractivity contribution is 7.90. The summed E-state index contributed by atoms with van der Waals surface area (Å²) in [6.07, 6.45) is 1.25. The molecule has 0 N–H and O–H groups in total. The van der Waals surface area contributed by atoms with E-state index in [1.54, 1.807) is 12.1 Å². The van der Waals surface area contributed by atoms with Gasteiger partial charge in [0.15, 0.2) is 9.84 Å². The molecule has 36 heavy (non-hydrogen) atoms. The Morgan fingerprint density at radius 1 is 0.472 bits per heavy atom. The van der Waals surface area contributed by atoms with E-state index in [0.29, 0.717) is 4.90 Å². The SMILES string of the molecule is CS(=O)(=O)c1ccc(-c2c(-c3ccccc3)c(-c3ccccc3)cc3cc4ccccc4cc23)cc1. The third-order valence-corrected chi connectivity index (χ3v) is 7.85. The Morgan fingerprint density at radius 2 is 1.00 bits per heavy atom. The fraction of sp³-hybridized carbons (Fsp3) is 0.0303. The van der Waals surface area contributed by atoms with Crippen molar-refractivity contribution in [3.8, 4) is 33.4 Å². The number of rotatable bonds is 4. The van der Waals surface area contributed by atoms with Gasteiger partial charge in [-0.1, -0.05) is 97.1 Å². The molecule has 6 aromatic carbocycles. The average molecular weight is 485 g/mol. The van der Waals surface area contributed by atoms with E-state index in [0.717, 1.165) is 44.2 Å². The maximum atomic E-state index is 12.2. The molecule has 0 amide bonds. The van der Waals surface area contributed by atoms with Crippen molar-refractivity contribution in [3.05, 3.63) is 127 Å². The van der Waals surface area contributed by atoms with E-state index in [2.05, 4.69) is 91.0 Å². The minimum Gasteiger partial charge on any atom is -0.224 e. The normalized spacial score (nSPS) is 11.7. The lowest BCUT2D eigenvalue weighted by Gasteiger charge is -2.20. The van der Waals surface area contributed by atoms with Crippen molar-refractivity contribution in [1.82, 2.24) is 0 Å². The molecule has 6 rings (SSSR count). The average Bonchev–Trinajstić information content (AvgIpc) is 2.91. The van der Waals surface area contributed by atoms with Crippen LogP contribution in [0, 0.1) is 0 Å². The Bertz CT molecular complexity index is 1820. The highest BCUT2D eigenvalue weighted by atomic mass is 32.2. The van der Waals surface area contributed by atoms with Gasteiger partial charge in [-0.25, -0.2) is 8.42 Å². The molecule has 0 radical (unpaired) electrons. The lowest BCUT2D eigenvalue weighted by Crippen LogP contribution is -1.97. The van der Waals surface area contributed by atoms with Gasteiger partial charge in [-0.05, 0) is 85.3 Å². The molecular weight excluding hydrogens is 460 g/mol. The van der Waals surface area contributed by atoms with Crippen LogP contribution in [0.5, 0.6) is 0 Å². The van der Waals surface area contributed by atoms with Crippen LogP contribution in [0.1, 0.15) is 0 Å². The largest absolute Gasteiger partial charge is 0.224 e. The third kappa shape index (κ3) is 3.98. The summed E-state index contributed by atoms with van der Waals surface area (Å²) >= 11 is 0. The zero-order chi connectivity index (χ0) is 24.7. The van der Waals surface area contributed by atoms with Crippen LogP contribution in [0.15, 0.2) is 132 Å². The van der Waals surface area contributed by atoms with E-state index < -0.39 is 9.84 Å². The summed E-state index contributed by atoms with van der Waals surface area (Å²) in [6.45, 7) is 0. The Morgan fingerprint density at radius 3 is 1.61 bits per heavy atom. The zero-order valence-electron chi connectivity index (χ0n) is 19.8. The monoisotopic (exact) mass is 484 g/mol. The zero-order valence-corrected chi connectivity index (χ0v) is 20.7. The van der Waals surface area contributed by atoms with Crippen molar-refractivity contribution < 1.29 is 8.42 Å². The fourth-order valence-electron chi connectivity index (χ4n) is 5.01. The van der Waals surface area contributed by atoms with Crippen LogP contribution in [0.3, 0.4) is 0 Å². The van der Waals surface area contributed by atoms with Gasteiger partial charge in [0.25, 0.3) is 0 Å². The highest BCUT2D eigenvalue weighted by Gasteiger charge is 2.19. The molecule has 174 valence electrons. The molecule has 0 aliphatic heterocycles. The van der Waals surface area contributed by atoms with Crippen LogP contribution < -0.4 is 0 Å². The lowest BCUT2D eigenvalue weighted by atomic mass is 9.83. The van der Waals surface area contributed by atoms with Gasteiger partial charge in [0.1, 0.15) is 0 Å². The predicted molar refractivity (Wildman–Crippen MR) is 151 cm³/mol. The van der Waals surface area contributed by atoms with E-state index in [9.17, 15) is 8.42 Å². The van der Waals surface area contributed by atoms with Gasteiger partial charge in [0.05, 0.1) is 4.90 Å². The molecule has 0 aromatic heterocycles. The first-order valence-corrected chi connectivity index (χ1v) is 13.8. The van der Waals surface area contributed by atoms with Crippen LogP contribution in [-0.2, 0) is 9.84 Å². The molecule has 0 fully saturated rings. The van der Waals surface area contributed by atoms with Crippen molar-refractivity contribution in [2.75, 3.05) is 6.26 Å². The first-order chi connectivity index (χ1) is 17.5. The first-order valence-electron chi connectivity index (χ1n) is 11.9. The first kappa shape index (κ1) is 22.3. The Labute approximate surface area is 211 Å². The van der Waals surface area contributed by atoms with E-state index in [1.165, 1.54) is 17.0 Å². The van der Waals surface area contributed by atoms with Gasteiger partial charge >= 0.3 is 0 Å². The number of hydrogen-bond acceptors (Lipinski definition) is 2. The minimum absolute atomic E-state index is 0.321. The predicted octanol–water partition coefficient (Wildman–Crippen LogP) is 8.40. The summed E-state index contributed by atoms with van der Waals surface area (Å²) in [7, 11) is -3.29. The topological polar surface area (TPSA) is 34.1 Å². The van der Waals surface area contributed by atoms with Crippen molar-refractivity contribution in [2.24, 2.45) is 0 Å². The standard InChI is InChI=1S/C33H24O2S/c1-36(34,35)29-18-16-25(17-19-29)33-31-21-27-15-9-8-14-26(27)20-28(31)22-30(23-10-4-2-5-11-23)32(33)24-12-6-3-7-13-24/h2-22H,1H3. The molecule has 0 heterocycles. The Kier molecular flexibility index (Phi) is 5.43. The second kappa shape index (κ2) is 8.78.